The zero-order valence-electron chi connectivity index (χ0n) is 24.3. The molecule has 5 rings (SSSR count). The monoisotopic (exact) mass is 722 g/mol. The minimum atomic E-state index is -0.238. The molecule has 0 fully saturated rings. The van der Waals surface area contributed by atoms with Gasteiger partial charge in [0.05, 0.1) is 5.69 Å². The Kier molecular flexibility index (Phi) is 8.85. The van der Waals surface area contributed by atoms with E-state index in [0.717, 1.165) is 39.1 Å². The quantitative estimate of drug-likeness (QED) is 0.184. The first kappa shape index (κ1) is 30.2. The number of hydrogen-bond donors (Lipinski definition) is 1. The normalized spacial score (nSPS) is 11.6. The molecule has 0 atom stereocenters. The second-order valence-electron chi connectivity index (χ2n) is 12.1. The van der Waals surface area contributed by atoms with Crippen molar-refractivity contribution in [3.63, 3.8) is 0 Å². The van der Waals surface area contributed by atoms with Crippen LogP contribution in [0.2, 0.25) is 0 Å². The molecule has 0 radical (unpaired) electrons. The van der Waals surface area contributed by atoms with Crippen LogP contribution in [-0.4, -0.2) is 15.1 Å². The Morgan fingerprint density at radius 2 is 1.46 bits per heavy atom. The van der Waals surface area contributed by atoms with Gasteiger partial charge in [-0.25, -0.2) is 4.98 Å². The minimum absolute atomic E-state index is 0. The van der Waals surface area contributed by atoms with Crippen LogP contribution in [0.15, 0.2) is 97.2 Å². The van der Waals surface area contributed by atoms with Crippen LogP contribution >= 0.6 is 0 Å². The van der Waals surface area contributed by atoms with Crippen molar-refractivity contribution in [2.24, 2.45) is 0 Å². The Balaban J connectivity index is 0.00000387. The Bertz CT molecular complexity index is 1640. The molecule has 1 N–H and O–H groups in total. The van der Waals surface area contributed by atoms with Crippen molar-refractivity contribution >= 4 is 0 Å². The van der Waals surface area contributed by atoms with E-state index in [1.807, 2.05) is 60.7 Å². The molecule has 0 aliphatic rings. The van der Waals surface area contributed by atoms with Crippen LogP contribution in [-0.2, 0) is 31.9 Å². The SMILES string of the molecule is CC(C)(C)c1cc(-c2ccc(-c3ccccc3)c(-c3[c-]c(Oc4ccccn4)ccc3)n2)c(O)c(C(C)(C)C)c1.[Pt]. The number of phenols is 1. The van der Waals surface area contributed by atoms with E-state index < -0.39 is 0 Å². The summed E-state index contributed by atoms with van der Waals surface area (Å²) in [4.78, 5) is 9.46. The van der Waals surface area contributed by atoms with Crippen molar-refractivity contribution in [3.8, 4) is 51.0 Å². The molecule has 2 aromatic heterocycles. The minimum Gasteiger partial charge on any atom is -0.507 e. The Morgan fingerprint density at radius 1 is 0.732 bits per heavy atom. The predicted octanol–water partition coefficient (Wildman–Crippen LogP) is 9.37. The maximum absolute atomic E-state index is 11.5. The van der Waals surface area contributed by atoms with E-state index >= 15 is 0 Å². The maximum Gasteiger partial charge on any atom is 0.217 e. The van der Waals surface area contributed by atoms with Crippen LogP contribution in [0.1, 0.15) is 52.7 Å². The Labute approximate surface area is 257 Å². The van der Waals surface area contributed by atoms with Crippen LogP contribution in [0.3, 0.4) is 0 Å². The number of aromatic nitrogens is 2. The summed E-state index contributed by atoms with van der Waals surface area (Å²) in [7, 11) is 0. The molecule has 3 aromatic carbocycles. The number of pyridine rings is 2. The number of benzene rings is 3. The molecule has 212 valence electrons. The van der Waals surface area contributed by atoms with Crippen molar-refractivity contribution in [1.82, 2.24) is 9.97 Å². The van der Waals surface area contributed by atoms with Gasteiger partial charge < -0.3 is 9.84 Å². The molecule has 41 heavy (non-hydrogen) atoms. The summed E-state index contributed by atoms with van der Waals surface area (Å²) >= 11 is 0. The van der Waals surface area contributed by atoms with Gasteiger partial charge in [0.1, 0.15) is 5.75 Å². The average Bonchev–Trinajstić information content (AvgIpc) is 2.93. The summed E-state index contributed by atoms with van der Waals surface area (Å²) < 4.78 is 5.99. The summed E-state index contributed by atoms with van der Waals surface area (Å²) in [6.45, 7) is 12.9. The maximum atomic E-state index is 11.5. The Hall–Kier alpha value is -3.75. The van der Waals surface area contributed by atoms with Crippen molar-refractivity contribution < 1.29 is 30.9 Å². The summed E-state index contributed by atoms with van der Waals surface area (Å²) in [6.07, 6.45) is 1.70. The van der Waals surface area contributed by atoms with Crippen molar-refractivity contribution in [3.05, 3.63) is 114 Å². The molecule has 0 saturated carbocycles. The van der Waals surface area contributed by atoms with Gasteiger partial charge in [-0.1, -0.05) is 96.1 Å². The first-order valence-corrected chi connectivity index (χ1v) is 13.6. The smallest absolute Gasteiger partial charge is 0.217 e. The summed E-state index contributed by atoms with van der Waals surface area (Å²) in [5.74, 6) is 1.32. The average molecular weight is 723 g/mol. The molecule has 4 nitrogen and oxygen atoms in total. The van der Waals surface area contributed by atoms with Crippen molar-refractivity contribution in [2.75, 3.05) is 0 Å². The third-order valence-electron chi connectivity index (χ3n) is 6.92. The third-order valence-corrected chi connectivity index (χ3v) is 6.92. The van der Waals surface area contributed by atoms with Gasteiger partial charge in [0.2, 0.25) is 5.88 Å². The fourth-order valence-corrected chi connectivity index (χ4v) is 4.67. The summed E-state index contributed by atoms with van der Waals surface area (Å²) in [5, 5.41) is 11.5. The van der Waals surface area contributed by atoms with Crippen molar-refractivity contribution in [2.45, 2.75) is 52.4 Å². The molecule has 0 unspecified atom stereocenters. The van der Waals surface area contributed by atoms with Gasteiger partial charge >= 0.3 is 0 Å². The fourth-order valence-electron chi connectivity index (χ4n) is 4.67. The largest absolute Gasteiger partial charge is 0.507 e. The van der Waals surface area contributed by atoms with Crippen LogP contribution < -0.4 is 4.74 Å². The number of phenolic OH excluding ortho intramolecular Hbond substituents is 1. The van der Waals surface area contributed by atoms with Crippen LogP contribution in [0, 0.1) is 6.07 Å². The summed E-state index contributed by atoms with van der Waals surface area (Å²) in [6, 6.07) is 33.2. The van der Waals surface area contributed by atoms with E-state index in [1.165, 1.54) is 0 Å². The van der Waals surface area contributed by atoms with E-state index in [4.69, 9.17) is 9.72 Å². The topological polar surface area (TPSA) is 55.2 Å². The molecule has 5 heteroatoms. The van der Waals surface area contributed by atoms with Crippen LogP contribution in [0.5, 0.6) is 17.4 Å². The van der Waals surface area contributed by atoms with E-state index in [2.05, 4.69) is 82.9 Å². The first-order chi connectivity index (χ1) is 19.0. The number of hydrogen-bond acceptors (Lipinski definition) is 4. The molecule has 0 aliphatic heterocycles. The molecule has 0 saturated heterocycles. The van der Waals surface area contributed by atoms with Crippen LogP contribution in [0.4, 0.5) is 0 Å². The van der Waals surface area contributed by atoms with E-state index in [9.17, 15) is 5.11 Å². The number of nitrogens with zero attached hydrogens (tertiary/aromatic N) is 2. The van der Waals surface area contributed by atoms with E-state index in [1.54, 1.807) is 6.20 Å². The van der Waals surface area contributed by atoms with Gasteiger partial charge in [0.15, 0.2) is 0 Å². The zero-order valence-corrected chi connectivity index (χ0v) is 26.6. The molecule has 0 spiro atoms. The standard InChI is InChI=1S/C36H35N2O2.Pt/c1-35(2,3)26-22-29(34(39)30(23-26)36(4,5)6)31-19-18-28(24-13-8-7-9-14-24)33(38-31)25-15-12-16-27(21-25)40-32-17-10-11-20-37-32;/h7-20,22-23,39H,1-6H3;/q-1;. The van der Waals surface area contributed by atoms with Gasteiger partial charge in [-0.05, 0) is 51.4 Å². The van der Waals surface area contributed by atoms with E-state index in [0.29, 0.717) is 17.3 Å². The number of aromatic hydroxyl groups is 1. The molecule has 5 aromatic rings. The van der Waals surface area contributed by atoms with Gasteiger partial charge in [0, 0.05) is 50.2 Å². The van der Waals surface area contributed by atoms with Gasteiger partial charge in [0.25, 0.3) is 0 Å². The Morgan fingerprint density at radius 3 is 2.12 bits per heavy atom. The molecule has 2 heterocycles. The van der Waals surface area contributed by atoms with Crippen molar-refractivity contribution in [1.29, 1.82) is 0 Å². The number of ether oxygens (including phenoxy) is 1. The van der Waals surface area contributed by atoms with Gasteiger partial charge in [-0.2, -0.15) is 0 Å². The van der Waals surface area contributed by atoms with Crippen LogP contribution in [0.25, 0.3) is 33.6 Å². The molecular formula is C36H35N2O2Pt-. The van der Waals surface area contributed by atoms with Gasteiger partial charge in [-0.3, -0.25) is 4.98 Å². The third kappa shape index (κ3) is 6.77. The second kappa shape index (κ2) is 12.0. The predicted molar refractivity (Wildman–Crippen MR) is 163 cm³/mol. The zero-order chi connectivity index (χ0) is 28.5. The fraction of sp³-hybridized carbons (Fsp3) is 0.222. The second-order valence-corrected chi connectivity index (χ2v) is 12.1. The molecular weight excluding hydrogens is 687 g/mol. The van der Waals surface area contributed by atoms with E-state index in [-0.39, 0.29) is 37.6 Å². The number of rotatable bonds is 5. The molecule has 0 bridgehead atoms. The summed E-state index contributed by atoms with van der Waals surface area (Å²) in [5.41, 5.74) is 6.71. The first-order valence-electron chi connectivity index (χ1n) is 13.6. The van der Waals surface area contributed by atoms with Gasteiger partial charge in [-0.15, -0.1) is 23.8 Å². The molecule has 0 amide bonds. The molecule has 0 aliphatic carbocycles.